The summed E-state index contributed by atoms with van der Waals surface area (Å²) in [6, 6.07) is 8.80. The highest BCUT2D eigenvalue weighted by Gasteiger charge is 2.26. The van der Waals surface area contributed by atoms with Crippen LogP contribution < -0.4 is 9.46 Å². The van der Waals surface area contributed by atoms with Crippen LogP contribution in [0, 0.1) is 6.92 Å². The van der Waals surface area contributed by atoms with E-state index in [1.165, 1.54) is 11.3 Å². The number of amides is 1. The molecule has 170 valence electrons. The second kappa shape index (κ2) is 9.05. The number of nitrogens with one attached hydrogen (secondary N) is 1. The number of carbonyl (C=O) groups is 1. The van der Waals surface area contributed by atoms with Crippen LogP contribution in [0.1, 0.15) is 33.8 Å². The van der Waals surface area contributed by atoms with Crippen LogP contribution in [-0.4, -0.2) is 49.0 Å². The number of aromatic nitrogens is 2. The van der Waals surface area contributed by atoms with Gasteiger partial charge in [-0.2, -0.15) is 0 Å². The molecule has 1 amide bonds. The van der Waals surface area contributed by atoms with Gasteiger partial charge in [-0.1, -0.05) is 12.1 Å². The number of ether oxygens (including phenoxy) is 1. The maximum absolute atomic E-state index is 12.9. The van der Waals surface area contributed by atoms with Crippen LogP contribution >= 0.6 is 11.3 Å². The number of carbonyl (C=O) groups excluding carboxylic acids is 1. The molecule has 0 atom stereocenters. The number of aryl methyl sites for hydroxylation is 2. The molecule has 10 heteroatoms. The Bertz CT molecular complexity index is 1220. The fourth-order valence-electron chi connectivity index (χ4n) is 3.67. The molecule has 1 aliphatic rings. The predicted molar refractivity (Wildman–Crippen MR) is 123 cm³/mol. The molecule has 1 aliphatic heterocycles. The van der Waals surface area contributed by atoms with Crippen molar-refractivity contribution in [3.05, 3.63) is 52.7 Å². The lowest BCUT2D eigenvalue weighted by molar-refractivity contribution is 0.0796. The zero-order chi connectivity index (χ0) is 22.9. The average molecular weight is 475 g/mol. The average Bonchev–Trinajstić information content (AvgIpc) is 3.52. The first-order chi connectivity index (χ1) is 15.3. The van der Waals surface area contributed by atoms with Crippen LogP contribution in [0.25, 0.3) is 10.7 Å². The molecule has 0 unspecified atom stereocenters. The largest absolute Gasteiger partial charge is 0.497 e. The Labute approximate surface area is 191 Å². The number of likely N-dealkylation sites (tertiary alicyclic amines) is 1. The van der Waals surface area contributed by atoms with Crippen molar-refractivity contribution >= 4 is 27.3 Å². The number of nitrogens with zero attached hydrogens (tertiary/aromatic N) is 3. The van der Waals surface area contributed by atoms with E-state index in [4.69, 9.17) is 4.74 Å². The normalized spacial score (nSPS) is 14.2. The lowest BCUT2D eigenvalue weighted by Gasteiger charge is -2.13. The van der Waals surface area contributed by atoms with E-state index in [0.717, 1.165) is 31.5 Å². The Morgan fingerprint density at radius 2 is 1.91 bits per heavy atom. The van der Waals surface area contributed by atoms with Crippen molar-refractivity contribution in [3.8, 4) is 16.5 Å². The number of hydrogen-bond acceptors (Lipinski definition) is 6. The summed E-state index contributed by atoms with van der Waals surface area (Å²) in [6.07, 6.45) is 3.61. The first kappa shape index (κ1) is 22.5. The SMILES string of the molecule is COc1ccc(CNS(=O)(=O)c2cc(-c3nc(C)c(C(=O)N4CCCC4)s3)n(C)c2)cc1. The Morgan fingerprint density at radius 3 is 2.56 bits per heavy atom. The standard InChI is InChI=1S/C22H26N4O4S2/c1-15-20(22(27)26-10-4-5-11-26)31-21(24-15)19-12-18(14-25(19)2)32(28,29)23-13-16-6-8-17(30-3)9-7-16/h6-9,12,14,23H,4-5,10-11,13H2,1-3H3. The minimum absolute atomic E-state index is 0.00645. The van der Waals surface area contributed by atoms with Gasteiger partial charge in [-0.25, -0.2) is 18.1 Å². The molecule has 1 aromatic carbocycles. The maximum Gasteiger partial charge on any atom is 0.265 e. The van der Waals surface area contributed by atoms with E-state index in [1.54, 1.807) is 43.1 Å². The lowest BCUT2D eigenvalue weighted by Crippen LogP contribution is -2.27. The fourth-order valence-corrected chi connectivity index (χ4v) is 5.85. The molecule has 0 aliphatic carbocycles. The van der Waals surface area contributed by atoms with Gasteiger partial charge in [0.2, 0.25) is 10.0 Å². The van der Waals surface area contributed by atoms with Crippen LogP contribution in [-0.2, 0) is 23.6 Å². The molecule has 4 rings (SSSR count). The molecule has 0 bridgehead atoms. The van der Waals surface area contributed by atoms with Gasteiger partial charge in [-0.3, -0.25) is 4.79 Å². The van der Waals surface area contributed by atoms with Crippen molar-refractivity contribution < 1.29 is 17.9 Å². The summed E-state index contributed by atoms with van der Waals surface area (Å²) in [5.74, 6) is 0.720. The van der Waals surface area contributed by atoms with Crippen LogP contribution in [0.2, 0.25) is 0 Å². The van der Waals surface area contributed by atoms with E-state index in [-0.39, 0.29) is 17.3 Å². The van der Waals surface area contributed by atoms with Crippen molar-refractivity contribution in [1.82, 2.24) is 19.2 Å². The molecule has 3 heterocycles. The van der Waals surface area contributed by atoms with Gasteiger partial charge in [0.25, 0.3) is 5.91 Å². The maximum atomic E-state index is 12.9. The molecular formula is C22H26N4O4S2. The van der Waals surface area contributed by atoms with Crippen molar-refractivity contribution in [3.63, 3.8) is 0 Å². The monoisotopic (exact) mass is 474 g/mol. The third-order valence-corrected chi connectivity index (χ3v) is 8.05. The van der Waals surface area contributed by atoms with Crippen molar-refractivity contribution in [2.75, 3.05) is 20.2 Å². The molecule has 32 heavy (non-hydrogen) atoms. The quantitative estimate of drug-likeness (QED) is 0.568. The van der Waals surface area contributed by atoms with Gasteiger partial charge in [-0.15, -0.1) is 11.3 Å². The minimum Gasteiger partial charge on any atom is -0.497 e. The van der Waals surface area contributed by atoms with Crippen molar-refractivity contribution in [2.24, 2.45) is 7.05 Å². The zero-order valence-corrected chi connectivity index (χ0v) is 19.9. The molecule has 0 saturated carbocycles. The first-order valence-corrected chi connectivity index (χ1v) is 12.6. The first-order valence-electron chi connectivity index (χ1n) is 10.3. The Hall–Kier alpha value is -2.69. The number of rotatable bonds is 7. The summed E-state index contributed by atoms with van der Waals surface area (Å²) in [4.78, 5) is 20.0. The highest BCUT2D eigenvalue weighted by atomic mass is 32.2. The highest BCUT2D eigenvalue weighted by Crippen LogP contribution is 2.31. The van der Waals surface area contributed by atoms with Crippen molar-refractivity contribution in [1.29, 1.82) is 0 Å². The number of methoxy groups -OCH3 is 1. The van der Waals surface area contributed by atoms with Gasteiger partial charge in [0, 0.05) is 32.9 Å². The summed E-state index contributed by atoms with van der Waals surface area (Å²) in [6.45, 7) is 3.54. The molecule has 2 aromatic heterocycles. The van der Waals surface area contributed by atoms with E-state index in [0.29, 0.717) is 27.0 Å². The molecule has 8 nitrogen and oxygen atoms in total. The summed E-state index contributed by atoms with van der Waals surface area (Å²) in [7, 11) is -0.359. The van der Waals surface area contributed by atoms with Crippen LogP contribution in [0.5, 0.6) is 5.75 Å². The summed E-state index contributed by atoms with van der Waals surface area (Å²) in [5.41, 5.74) is 2.15. The molecule has 1 saturated heterocycles. The van der Waals surface area contributed by atoms with Gasteiger partial charge in [0.05, 0.1) is 18.5 Å². The van der Waals surface area contributed by atoms with Crippen LogP contribution in [0.4, 0.5) is 0 Å². The Kier molecular flexibility index (Phi) is 6.36. The second-order valence-electron chi connectivity index (χ2n) is 7.78. The van der Waals surface area contributed by atoms with Gasteiger partial charge in [0.15, 0.2) is 0 Å². The van der Waals surface area contributed by atoms with Gasteiger partial charge < -0.3 is 14.2 Å². The van der Waals surface area contributed by atoms with Gasteiger partial charge >= 0.3 is 0 Å². The molecule has 3 aromatic rings. The molecule has 1 fully saturated rings. The van der Waals surface area contributed by atoms with Crippen LogP contribution in [0.15, 0.2) is 41.4 Å². The number of thiazole rings is 1. The van der Waals surface area contributed by atoms with E-state index < -0.39 is 10.0 Å². The predicted octanol–water partition coefficient (Wildman–Crippen LogP) is 3.18. The highest BCUT2D eigenvalue weighted by molar-refractivity contribution is 7.89. The van der Waals surface area contributed by atoms with E-state index >= 15 is 0 Å². The molecule has 0 radical (unpaired) electrons. The third kappa shape index (κ3) is 4.57. The minimum atomic E-state index is -3.72. The molecule has 1 N–H and O–H groups in total. The molecule has 0 spiro atoms. The Balaban J connectivity index is 1.53. The fraction of sp³-hybridized carbons (Fsp3) is 0.364. The van der Waals surface area contributed by atoms with Gasteiger partial charge in [-0.05, 0) is 43.5 Å². The topological polar surface area (TPSA) is 93.5 Å². The zero-order valence-electron chi connectivity index (χ0n) is 18.3. The van der Waals surface area contributed by atoms with Crippen LogP contribution in [0.3, 0.4) is 0 Å². The van der Waals surface area contributed by atoms with E-state index in [9.17, 15) is 13.2 Å². The Morgan fingerprint density at radius 1 is 1.22 bits per heavy atom. The van der Waals surface area contributed by atoms with Gasteiger partial charge in [0.1, 0.15) is 20.5 Å². The summed E-state index contributed by atoms with van der Waals surface area (Å²) < 4.78 is 35.2. The lowest BCUT2D eigenvalue weighted by atomic mass is 10.2. The molecular weight excluding hydrogens is 448 g/mol. The second-order valence-corrected chi connectivity index (χ2v) is 10.5. The smallest absolute Gasteiger partial charge is 0.265 e. The summed E-state index contributed by atoms with van der Waals surface area (Å²) >= 11 is 1.31. The number of hydrogen-bond donors (Lipinski definition) is 1. The summed E-state index contributed by atoms with van der Waals surface area (Å²) in [5, 5.41) is 0.629. The third-order valence-electron chi connectivity index (χ3n) is 5.52. The number of sulfonamides is 1. The van der Waals surface area contributed by atoms with E-state index in [2.05, 4.69) is 9.71 Å². The van der Waals surface area contributed by atoms with E-state index in [1.807, 2.05) is 24.0 Å². The van der Waals surface area contributed by atoms with Crippen molar-refractivity contribution in [2.45, 2.75) is 31.2 Å². The number of benzene rings is 1.